The first-order chi connectivity index (χ1) is 16.4. The molecule has 1 amide bonds. The van der Waals surface area contributed by atoms with E-state index >= 15 is 0 Å². The minimum absolute atomic E-state index is 0.0369. The van der Waals surface area contributed by atoms with E-state index in [0.717, 1.165) is 34.6 Å². The van der Waals surface area contributed by atoms with Crippen molar-refractivity contribution in [1.82, 2.24) is 15.0 Å². The summed E-state index contributed by atoms with van der Waals surface area (Å²) in [5.41, 5.74) is 4.17. The Morgan fingerprint density at radius 1 is 1.12 bits per heavy atom. The summed E-state index contributed by atoms with van der Waals surface area (Å²) in [6, 6.07) is 13.5. The first-order valence-electron chi connectivity index (χ1n) is 10.9. The van der Waals surface area contributed by atoms with E-state index in [1.54, 1.807) is 12.4 Å². The van der Waals surface area contributed by atoms with Gasteiger partial charge in [-0.15, -0.1) is 0 Å². The second-order valence-electron chi connectivity index (χ2n) is 8.74. The summed E-state index contributed by atoms with van der Waals surface area (Å²) in [5.74, 6) is 1.51. The molecular weight excluding hydrogens is 452 g/mol. The van der Waals surface area contributed by atoms with Crippen LogP contribution in [0.2, 0.25) is 5.02 Å². The summed E-state index contributed by atoms with van der Waals surface area (Å²) in [6.45, 7) is 4.28. The van der Waals surface area contributed by atoms with Crippen LogP contribution in [0.5, 0.6) is 0 Å². The molecule has 0 radical (unpaired) electrons. The Hall–Kier alpha value is -3.91. The van der Waals surface area contributed by atoms with Crippen molar-refractivity contribution >= 4 is 46.3 Å². The van der Waals surface area contributed by atoms with Crippen molar-refractivity contribution in [2.45, 2.75) is 32.1 Å². The minimum Gasteiger partial charge on any atom is -0.443 e. The topological polar surface area (TPSA) is 105 Å². The highest BCUT2D eigenvalue weighted by molar-refractivity contribution is 6.33. The molecule has 0 aliphatic carbocycles. The maximum Gasteiger partial charge on any atom is 0.229 e. The number of hydrogen-bond donors (Lipinski definition) is 3. The zero-order valence-electron chi connectivity index (χ0n) is 18.7. The maximum absolute atomic E-state index is 12.1. The molecule has 1 aliphatic heterocycles. The zero-order chi connectivity index (χ0) is 23.7. The largest absolute Gasteiger partial charge is 0.443 e. The van der Waals surface area contributed by atoms with Crippen LogP contribution < -0.4 is 16.0 Å². The third-order valence-corrected chi connectivity index (χ3v) is 6.15. The van der Waals surface area contributed by atoms with Gasteiger partial charge < -0.3 is 20.4 Å². The van der Waals surface area contributed by atoms with E-state index in [1.165, 1.54) is 6.39 Å². The Morgan fingerprint density at radius 2 is 1.97 bits per heavy atom. The molecule has 3 N–H and O–H groups in total. The van der Waals surface area contributed by atoms with Gasteiger partial charge in [-0.1, -0.05) is 37.6 Å². The predicted molar refractivity (Wildman–Crippen MR) is 133 cm³/mol. The van der Waals surface area contributed by atoms with Crippen LogP contribution in [0.3, 0.4) is 0 Å². The van der Waals surface area contributed by atoms with Gasteiger partial charge in [-0.05, 0) is 47.7 Å². The minimum atomic E-state index is -0.149. The van der Waals surface area contributed by atoms with E-state index in [-0.39, 0.29) is 11.3 Å². The molecule has 4 aromatic rings. The standard InChI is InChI=1S/C25H23ClN6O2/c1-25(2)10-9-22(33)30-20-8-7-15(11-17(20)25)29-24-28-12-18(26)23(32-24)31-19-6-4-3-5-16(19)21-13-27-14-34-21/h3-8,11-14H,9-10H2,1-2H3,(H,30,33)(H2,28,29,31,32). The Labute approximate surface area is 201 Å². The van der Waals surface area contributed by atoms with Crippen LogP contribution in [0.25, 0.3) is 11.3 Å². The molecule has 8 nitrogen and oxygen atoms in total. The average molecular weight is 475 g/mol. The van der Waals surface area contributed by atoms with Gasteiger partial charge in [-0.3, -0.25) is 4.79 Å². The van der Waals surface area contributed by atoms with Gasteiger partial charge in [0.1, 0.15) is 5.02 Å². The number of hydrogen-bond acceptors (Lipinski definition) is 7. The normalized spacial score (nSPS) is 14.6. The molecule has 34 heavy (non-hydrogen) atoms. The van der Waals surface area contributed by atoms with Crippen LogP contribution in [-0.4, -0.2) is 20.9 Å². The fourth-order valence-electron chi connectivity index (χ4n) is 3.99. The molecule has 0 saturated carbocycles. The van der Waals surface area contributed by atoms with Gasteiger partial charge >= 0.3 is 0 Å². The molecule has 5 rings (SSSR count). The average Bonchev–Trinajstić information content (AvgIpc) is 3.32. The molecule has 1 aliphatic rings. The molecule has 0 unspecified atom stereocenters. The lowest BCUT2D eigenvalue weighted by Gasteiger charge is -2.25. The number of nitrogens with zero attached hydrogens (tertiary/aromatic N) is 3. The van der Waals surface area contributed by atoms with Crippen molar-refractivity contribution < 1.29 is 9.21 Å². The number of oxazole rings is 1. The number of nitrogens with one attached hydrogen (secondary N) is 3. The Kier molecular flexibility index (Phi) is 5.67. The lowest BCUT2D eigenvalue weighted by Crippen LogP contribution is -2.16. The van der Waals surface area contributed by atoms with Gasteiger partial charge in [0, 0.05) is 23.4 Å². The number of anilines is 5. The number of benzene rings is 2. The number of carbonyl (C=O) groups excluding carboxylic acids is 1. The van der Waals surface area contributed by atoms with Crippen LogP contribution >= 0.6 is 11.6 Å². The molecule has 172 valence electrons. The van der Waals surface area contributed by atoms with Gasteiger partial charge in [0.25, 0.3) is 0 Å². The molecule has 0 saturated heterocycles. The fourth-order valence-corrected chi connectivity index (χ4v) is 4.13. The lowest BCUT2D eigenvalue weighted by molar-refractivity contribution is -0.116. The number of carbonyl (C=O) groups is 1. The number of halogens is 1. The predicted octanol–water partition coefficient (Wildman–Crippen LogP) is 6.28. The first-order valence-corrected chi connectivity index (χ1v) is 11.3. The van der Waals surface area contributed by atoms with E-state index in [4.69, 9.17) is 16.0 Å². The third kappa shape index (κ3) is 4.45. The maximum atomic E-state index is 12.1. The number of aromatic nitrogens is 3. The van der Waals surface area contributed by atoms with E-state index < -0.39 is 0 Å². The van der Waals surface area contributed by atoms with Crippen molar-refractivity contribution in [2.75, 3.05) is 16.0 Å². The highest BCUT2D eigenvalue weighted by Crippen LogP contribution is 2.38. The quantitative estimate of drug-likeness (QED) is 0.312. The molecule has 0 fully saturated rings. The second kappa shape index (κ2) is 8.79. The van der Waals surface area contributed by atoms with E-state index in [2.05, 4.69) is 44.7 Å². The van der Waals surface area contributed by atoms with Crippen LogP contribution in [-0.2, 0) is 10.2 Å². The summed E-state index contributed by atoms with van der Waals surface area (Å²) >= 11 is 6.40. The molecule has 0 spiro atoms. The Bertz CT molecular complexity index is 1350. The zero-order valence-corrected chi connectivity index (χ0v) is 19.5. The molecule has 9 heteroatoms. The van der Waals surface area contributed by atoms with Crippen molar-refractivity contribution in [3.05, 3.63) is 71.8 Å². The number of para-hydroxylation sites is 1. The second-order valence-corrected chi connectivity index (χ2v) is 9.15. The molecule has 3 heterocycles. The van der Waals surface area contributed by atoms with E-state index in [1.807, 2.05) is 42.5 Å². The molecule has 0 bridgehead atoms. The summed E-state index contributed by atoms with van der Waals surface area (Å²) in [6.07, 6.45) is 5.85. The van der Waals surface area contributed by atoms with Crippen LogP contribution in [0.15, 0.2) is 65.7 Å². The van der Waals surface area contributed by atoms with Crippen LogP contribution in [0, 0.1) is 0 Å². The summed E-state index contributed by atoms with van der Waals surface area (Å²) in [4.78, 5) is 25.0. The number of amides is 1. The van der Waals surface area contributed by atoms with Crippen molar-refractivity contribution in [1.29, 1.82) is 0 Å². The van der Waals surface area contributed by atoms with Gasteiger partial charge in [-0.25, -0.2) is 9.97 Å². The highest BCUT2D eigenvalue weighted by Gasteiger charge is 2.28. The summed E-state index contributed by atoms with van der Waals surface area (Å²) in [5, 5.41) is 9.90. The third-order valence-electron chi connectivity index (χ3n) is 5.88. The smallest absolute Gasteiger partial charge is 0.229 e. The molecule has 2 aromatic heterocycles. The monoisotopic (exact) mass is 474 g/mol. The first kappa shape index (κ1) is 21.9. The van der Waals surface area contributed by atoms with Crippen LogP contribution in [0.4, 0.5) is 28.8 Å². The molecular formula is C25H23ClN6O2. The number of rotatable bonds is 5. The van der Waals surface area contributed by atoms with Crippen molar-refractivity contribution in [3.8, 4) is 11.3 Å². The summed E-state index contributed by atoms with van der Waals surface area (Å²) in [7, 11) is 0. The van der Waals surface area contributed by atoms with E-state index in [9.17, 15) is 4.79 Å². The number of fused-ring (bicyclic) bond motifs is 1. The Morgan fingerprint density at radius 3 is 2.79 bits per heavy atom. The SMILES string of the molecule is CC1(C)CCC(=O)Nc2ccc(Nc3ncc(Cl)c(Nc4ccccc4-c4cnco4)n3)cc21. The van der Waals surface area contributed by atoms with Crippen LogP contribution in [0.1, 0.15) is 32.3 Å². The van der Waals surface area contributed by atoms with Gasteiger partial charge in [-0.2, -0.15) is 4.98 Å². The van der Waals surface area contributed by atoms with Gasteiger partial charge in [0.05, 0.1) is 18.1 Å². The highest BCUT2D eigenvalue weighted by atomic mass is 35.5. The van der Waals surface area contributed by atoms with Crippen molar-refractivity contribution in [3.63, 3.8) is 0 Å². The van der Waals surface area contributed by atoms with E-state index in [0.29, 0.717) is 29.0 Å². The molecule has 2 aromatic carbocycles. The van der Waals surface area contributed by atoms with Gasteiger partial charge in [0.2, 0.25) is 11.9 Å². The fraction of sp³-hybridized carbons (Fsp3) is 0.200. The summed E-state index contributed by atoms with van der Waals surface area (Å²) < 4.78 is 5.45. The van der Waals surface area contributed by atoms with Crippen molar-refractivity contribution in [2.24, 2.45) is 0 Å². The van der Waals surface area contributed by atoms with Gasteiger partial charge in [0.15, 0.2) is 18.0 Å². The lowest BCUT2D eigenvalue weighted by atomic mass is 9.80. The molecule has 0 atom stereocenters. The Balaban J connectivity index is 1.43.